The van der Waals surface area contributed by atoms with E-state index in [0.717, 1.165) is 11.3 Å². The number of pyridine rings is 1. The van der Waals surface area contributed by atoms with E-state index in [1.807, 2.05) is 0 Å². The molecule has 0 fully saturated rings. The fraction of sp³-hybridized carbons (Fsp3) is 0.0625. The number of halogens is 4. The topological polar surface area (TPSA) is 64.1 Å². The second-order valence-corrected chi connectivity index (χ2v) is 6.48. The van der Waals surface area contributed by atoms with Crippen LogP contribution in [0.5, 0.6) is 5.75 Å². The molecular weight excluding hydrogens is 407 g/mol. The van der Waals surface area contributed by atoms with Crippen molar-refractivity contribution in [2.24, 2.45) is 0 Å². The molecule has 1 N–H and O–H groups in total. The van der Waals surface area contributed by atoms with Crippen molar-refractivity contribution in [3.8, 4) is 17.0 Å². The zero-order chi connectivity index (χ0) is 18.7. The first-order chi connectivity index (χ1) is 12.4. The predicted molar refractivity (Wildman–Crippen MR) is 96.4 cm³/mol. The van der Waals surface area contributed by atoms with Crippen molar-refractivity contribution in [3.05, 3.63) is 57.6 Å². The number of carbonyl (C=O) groups is 1. The van der Waals surface area contributed by atoms with Gasteiger partial charge in [-0.05, 0) is 24.3 Å². The number of hydrogen-bond donors (Lipinski definition) is 1. The molecule has 0 radical (unpaired) electrons. The van der Waals surface area contributed by atoms with Crippen molar-refractivity contribution < 1.29 is 18.3 Å². The maximum absolute atomic E-state index is 12.5. The summed E-state index contributed by atoms with van der Waals surface area (Å²) in [5.41, 5.74) is 0.715. The van der Waals surface area contributed by atoms with Crippen LogP contribution in [0.1, 0.15) is 10.5 Å². The van der Waals surface area contributed by atoms with Crippen molar-refractivity contribution in [2.45, 2.75) is 6.61 Å². The second kappa shape index (κ2) is 7.94. The van der Waals surface area contributed by atoms with E-state index in [-0.39, 0.29) is 26.8 Å². The predicted octanol–water partition coefficient (Wildman–Crippen LogP) is 5.37. The number of nitrogens with zero attached hydrogens (tertiary/aromatic N) is 2. The highest BCUT2D eigenvalue weighted by Crippen LogP contribution is 2.33. The molecule has 2 heterocycles. The Morgan fingerprint density at radius 3 is 2.69 bits per heavy atom. The van der Waals surface area contributed by atoms with Crippen molar-refractivity contribution in [2.75, 3.05) is 5.32 Å². The van der Waals surface area contributed by atoms with Crippen LogP contribution in [0.2, 0.25) is 10.2 Å². The summed E-state index contributed by atoms with van der Waals surface area (Å²) in [7, 11) is 0. The molecule has 0 atom stereocenters. The lowest BCUT2D eigenvalue weighted by atomic mass is 10.1. The number of carbonyl (C=O) groups excluding carboxylic acids is 1. The van der Waals surface area contributed by atoms with Gasteiger partial charge < -0.3 is 4.74 Å². The van der Waals surface area contributed by atoms with E-state index in [4.69, 9.17) is 23.2 Å². The maximum Gasteiger partial charge on any atom is 0.387 e. The van der Waals surface area contributed by atoms with Crippen molar-refractivity contribution in [1.82, 2.24) is 9.97 Å². The van der Waals surface area contributed by atoms with E-state index in [1.165, 1.54) is 18.2 Å². The number of amides is 1. The number of ether oxygens (including phenoxy) is 1. The third kappa shape index (κ3) is 4.27. The summed E-state index contributed by atoms with van der Waals surface area (Å²) in [6.07, 6.45) is 0. The fourth-order valence-corrected chi connectivity index (χ4v) is 3.11. The number of benzene rings is 1. The van der Waals surface area contributed by atoms with Gasteiger partial charge in [0.25, 0.3) is 5.91 Å². The second-order valence-electron chi connectivity index (χ2n) is 4.83. The molecule has 134 valence electrons. The highest BCUT2D eigenvalue weighted by molar-refractivity contribution is 7.14. The fourth-order valence-electron chi connectivity index (χ4n) is 2.07. The van der Waals surface area contributed by atoms with E-state index in [9.17, 15) is 13.6 Å². The molecule has 0 saturated carbocycles. The molecule has 0 unspecified atom stereocenters. The van der Waals surface area contributed by atoms with E-state index >= 15 is 0 Å². The number of hydrogen-bond acceptors (Lipinski definition) is 5. The van der Waals surface area contributed by atoms with Crippen molar-refractivity contribution in [1.29, 1.82) is 0 Å². The maximum atomic E-state index is 12.5. The lowest BCUT2D eigenvalue weighted by molar-refractivity contribution is -0.0494. The summed E-state index contributed by atoms with van der Waals surface area (Å²) < 4.78 is 29.5. The zero-order valence-corrected chi connectivity index (χ0v) is 15.1. The molecule has 3 rings (SSSR count). The van der Waals surface area contributed by atoms with Crippen molar-refractivity contribution >= 4 is 45.6 Å². The van der Waals surface area contributed by atoms with Gasteiger partial charge in [-0.2, -0.15) is 8.78 Å². The summed E-state index contributed by atoms with van der Waals surface area (Å²) >= 11 is 12.8. The molecule has 0 aliphatic heterocycles. The van der Waals surface area contributed by atoms with Gasteiger partial charge in [0.1, 0.15) is 16.6 Å². The molecule has 3 aromatic rings. The summed E-state index contributed by atoms with van der Waals surface area (Å²) in [6.45, 7) is -2.95. The molecule has 26 heavy (non-hydrogen) atoms. The molecule has 2 aromatic heterocycles. The molecular formula is C16H9Cl2F2N3O2S. The molecule has 1 amide bonds. The van der Waals surface area contributed by atoms with Crippen LogP contribution in [0.3, 0.4) is 0 Å². The average Bonchev–Trinajstić information content (AvgIpc) is 3.05. The Bertz CT molecular complexity index is 953. The third-order valence-corrected chi connectivity index (χ3v) is 4.40. The molecule has 0 aliphatic carbocycles. The van der Waals surface area contributed by atoms with Gasteiger partial charge in [-0.15, -0.1) is 11.3 Å². The number of para-hydroxylation sites is 1. The first-order valence-electron chi connectivity index (χ1n) is 7.07. The zero-order valence-electron chi connectivity index (χ0n) is 12.7. The average molecular weight is 416 g/mol. The van der Waals surface area contributed by atoms with Crippen LogP contribution in [-0.2, 0) is 0 Å². The quantitative estimate of drug-likeness (QED) is 0.569. The van der Waals surface area contributed by atoms with E-state index in [2.05, 4.69) is 20.0 Å². The first kappa shape index (κ1) is 18.5. The Morgan fingerprint density at radius 1 is 1.15 bits per heavy atom. The molecule has 5 nitrogen and oxygen atoms in total. The first-order valence-corrected chi connectivity index (χ1v) is 8.70. The van der Waals surface area contributed by atoms with Gasteiger partial charge in [0, 0.05) is 10.9 Å². The van der Waals surface area contributed by atoms with Crippen molar-refractivity contribution in [3.63, 3.8) is 0 Å². The molecule has 1 aromatic carbocycles. The standard InChI is InChI=1S/C16H9Cl2F2N3O2S/c17-9-5-6-12(18)22-13(9)14(24)23-16-21-10(7-26-16)8-3-1-2-4-11(8)25-15(19)20/h1-7,15H,(H,21,23,24). The summed E-state index contributed by atoms with van der Waals surface area (Å²) in [5.74, 6) is -0.597. The molecule has 0 bridgehead atoms. The highest BCUT2D eigenvalue weighted by Gasteiger charge is 2.17. The lowest BCUT2D eigenvalue weighted by Crippen LogP contribution is -2.14. The molecule has 10 heteroatoms. The van der Waals surface area contributed by atoms with Crippen LogP contribution < -0.4 is 10.1 Å². The minimum Gasteiger partial charge on any atom is -0.434 e. The number of alkyl halides is 2. The van der Waals surface area contributed by atoms with Gasteiger partial charge in [0.2, 0.25) is 0 Å². The minimum absolute atomic E-state index is 0.00905. The van der Waals surface area contributed by atoms with Gasteiger partial charge in [-0.25, -0.2) is 9.97 Å². The molecule has 0 saturated heterocycles. The summed E-state index contributed by atoms with van der Waals surface area (Å²) in [4.78, 5) is 20.4. The number of thiazole rings is 1. The van der Waals surface area contributed by atoms with E-state index in [0.29, 0.717) is 11.3 Å². The minimum atomic E-state index is -2.95. The van der Waals surface area contributed by atoms with Crippen LogP contribution in [0.25, 0.3) is 11.3 Å². The smallest absolute Gasteiger partial charge is 0.387 e. The van der Waals surface area contributed by atoms with Crippen LogP contribution in [0.15, 0.2) is 41.8 Å². The summed E-state index contributed by atoms with van der Waals surface area (Å²) in [6, 6.07) is 9.16. The van der Waals surface area contributed by atoms with Gasteiger partial charge in [-0.3, -0.25) is 10.1 Å². The lowest BCUT2D eigenvalue weighted by Gasteiger charge is -2.08. The van der Waals surface area contributed by atoms with Crippen LogP contribution in [0.4, 0.5) is 13.9 Å². The highest BCUT2D eigenvalue weighted by atomic mass is 35.5. The van der Waals surface area contributed by atoms with E-state index in [1.54, 1.807) is 23.6 Å². The number of aromatic nitrogens is 2. The third-order valence-electron chi connectivity index (χ3n) is 3.13. The van der Waals surface area contributed by atoms with Crippen LogP contribution >= 0.6 is 34.5 Å². The molecule has 0 aliphatic rings. The number of rotatable bonds is 5. The molecule has 0 spiro atoms. The number of nitrogens with one attached hydrogen (secondary N) is 1. The Morgan fingerprint density at radius 2 is 1.92 bits per heavy atom. The van der Waals surface area contributed by atoms with Gasteiger partial charge in [0.05, 0.1) is 10.7 Å². The van der Waals surface area contributed by atoms with E-state index < -0.39 is 12.5 Å². The Balaban J connectivity index is 1.83. The van der Waals surface area contributed by atoms with Crippen LogP contribution in [-0.4, -0.2) is 22.5 Å². The largest absolute Gasteiger partial charge is 0.434 e. The summed E-state index contributed by atoms with van der Waals surface area (Å²) in [5, 5.41) is 4.66. The monoisotopic (exact) mass is 415 g/mol. The Labute approximate surface area is 160 Å². The Hall–Kier alpha value is -2.29. The van der Waals surface area contributed by atoms with Gasteiger partial charge in [-0.1, -0.05) is 35.3 Å². The van der Waals surface area contributed by atoms with Gasteiger partial charge in [0.15, 0.2) is 5.13 Å². The Kier molecular flexibility index (Phi) is 5.65. The van der Waals surface area contributed by atoms with Crippen LogP contribution in [0, 0.1) is 0 Å². The normalized spacial score (nSPS) is 10.8. The van der Waals surface area contributed by atoms with Gasteiger partial charge >= 0.3 is 6.61 Å². The SMILES string of the molecule is O=C(Nc1nc(-c2ccccc2OC(F)F)cs1)c1nc(Cl)ccc1Cl. The number of anilines is 1.